The third-order valence-electron chi connectivity index (χ3n) is 10.9. The van der Waals surface area contributed by atoms with Crippen molar-refractivity contribution in [3.8, 4) is 35.2 Å². The second-order valence-electron chi connectivity index (χ2n) is 15.0. The fourth-order valence-corrected chi connectivity index (χ4v) is 7.77. The number of nitrogens with zero attached hydrogens (tertiary/aromatic N) is 4. The number of rotatable bonds is 12. The van der Waals surface area contributed by atoms with E-state index in [9.17, 15) is 5.11 Å². The summed E-state index contributed by atoms with van der Waals surface area (Å²) in [5.74, 6) is 3.25. The van der Waals surface area contributed by atoms with Gasteiger partial charge in [-0.3, -0.25) is 4.99 Å². The van der Waals surface area contributed by atoms with E-state index < -0.39 is 5.82 Å². The molecule has 0 aliphatic carbocycles. The third kappa shape index (κ3) is 12.2. The van der Waals surface area contributed by atoms with Crippen molar-refractivity contribution in [2.24, 2.45) is 16.3 Å². The number of aromatic hydroxyl groups is 1. The molecule has 0 spiro atoms. The number of phenolic OH excluding ortho intramolecular Hbond substituents is 1. The summed E-state index contributed by atoms with van der Waals surface area (Å²) in [5.41, 5.74) is 2.32. The van der Waals surface area contributed by atoms with Gasteiger partial charge >= 0.3 is 6.01 Å². The zero-order valence-electron chi connectivity index (χ0n) is 38.6. The Morgan fingerprint density at radius 2 is 1.48 bits per heavy atom. The lowest BCUT2D eigenvalue weighted by atomic mass is 9.81. The topological polar surface area (TPSA) is 70.8 Å². The van der Waals surface area contributed by atoms with Crippen LogP contribution in [-0.2, 0) is 0 Å². The molecular formula is C51H77FN4O2. The van der Waals surface area contributed by atoms with E-state index in [-0.39, 0.29) is 28.7 Å². The first-order valence-electron chi connectivity index (χ1n) is 22.9. The number of halogens is 1. The number of fused-ring (bicyclic) bond motifs is 4. The molecule has 3 atom stereocenters. The Bertz CT molecular complexity index is 2030. The zero-order chi connectivity index (χ0) is 43.4. The predicted molar refractivity (Wildman–Crippen MR) is 249 cm³/mol. The maximum Gasteiger partial charge on any atom is 0.318 e. The van der Waals surface area contributed by atoms with Gasteiger partial charge < -0.3 is 14.7 Å². The molecule has 1 fully saturated rings. The molecule has 320 valence electrons. The monoisotopic (exact) mass is 797 g/mol. The van der Waals surface area contributed by atoms with Crippen molar-refractivity contribution in [3.05, 3.63) is 52.3 Å². The van der Waals surface area contributed by atoms with Gasteiger partial charge in [-0.1, -0.05) is 146 Å². The van der Waals surface area contributed by atoms with Crippen LogP contribution in [0.5, 0.6) is 11.8 Å². The number of ether oxygens (including phenoxy) is 1. The first kappa shape index (κ1) is 50.0. The highest BCUT2D eigenvalue weighted by atomic mass is 19.1. The minimum absolute atomic E-state index is 0.0183. The lowest BCUT2D eigenvalue weighted by Crippen LogP contribution is -2.38. The molecule has 0 bridgehead atoms. The number of phenols is 1. The van der Waals surface area contributed by atoms with Gasteiger partial charge in [0.1, 0.15) is 17.4 Å². The van der Waals surface area contributed by atoms with Gasteiger partial charge in [0.05, 0.1) is 34.5 Å². The summed E-state index contributed by atoms with van der Waals surface area (Å²) in [6.07, 6.45) is 20.9. The Morgan fingerprint density at radius 1 is 0.845 bits per heavy atom. The minimum atomic E-state index is -0.474. The van der Waals surface area contributed by atoms with Crippen molar-refractivity contribution >= 4 is 33.6 Å². The van der Waals surface area contributed by atoms with Crippen LogP contribution >= 0.6 is 0 Å². The first-order chi connectivity index (χ1) is 28.2. The molecule has 3 heterocycles. The van der Waals surface area contributed by atoms with Crippen LogP contribution in [0.15, 0.2) is 35.3 Å². The highest BCUT2D eigenvalue weighted by Gasteiger charge is 2.28. The fourth-order valence-electron chi connectivity index (χ4n) is 7.77. The number of hydrogen-bond donors (Lipinski definition) is 1. The van der Waals surface area contributed by atoms with Crippen molar-refractivity contribution in [2.45, 2.75) is 167 Å². The molecule has 1 aromatic heterocycles. The van der Waals surface area contributed by atoms with E-state index >= 15 is 4.39 Å². The largest absolute Gasteiger partial charge is 0.508 e. The average molecular weight is 797 g/mol. The molecule has 7 heteroatoms. The van der Waals surface area contributed by atoms with E-state index in [1.54, 1.807) is 18.2 Å². The SMILES string of the molecule is C#Cc1c(F)ccc2cc(O)cc(-c3cc4nc(OCC(C)(CCCC)CCCCC)nc(N5CCCCCC5)c4c4c3=NC(C)C(C)C=4)c12.CC.CC.CC.CC. The van der Waals surface area contributed by atoms with Crippen molar-refractivity contribution in [1.82, 2.24) is 9.97 Å². The molecule has 1 saturated heterocycles. The molecule has 6 nitrogen and oxygen atoms in total. The van der Waals surface area contributed by atoms with Gasteiger partial charge in [0, 0.05) is 34.7 Å². The quantitative estimate of drug-likeness (QED) is 0.114. The lowest BCUT2D eigenvalue weighted by molar-refractivity contribution is 0.126. The second-order valence-corrected chi connectivity index (χ2v) is 15.0. The predicted octanol–water partition coefficient (Wildman–Crippen LogP) is 13.4. The number of benzene rings is 3. The van der Waals surface area contributed by atoms with Gasteiger partial charge in [-0.15, -0.1) is 6.42 Å². The van der Waals surface area contributed by atoms with E-state index in [0.717, 1.165) is 84.5 Å². The summed E-state index contributed by atoms with van der Waals surface area (Å²) in [5, 5.41) is 14.9. The van der Waals surface area contributed by atoms with E-state index in [0.29, 0.717) is 29.0 Å². The second kappa shape index (κ2) is 25.3. The molecule has 2 aliphatic heterocycles. The van der Waals surface area contributed by atoms with Gasteiger partial charge in [-0.25, -0.2) is 4.39 Å². The van der Waals surface area contributed by atoms with E-state index in [1.807, 2.05) is 61.5 Å². The maximum absolute atomic E-state index is 15.2. The van der Waals surface area contributed by atoms with Crippen molar-refractivity contribution in [1.29, 1.82) is 0 Å². The fraction of sp³-hybridized carbons (Fsp3) is 0.588. The molecule has 2 aliphatic rings. The Balaban J connectivity index is 0.00000137. The van der Waals surface area contributed by atoms with Crippen molar-refractivity contribution in [3.63, 3.8) is 0 Å². The smallest absolute Gasteiger partial charge is 0.318 e. The van der Waals surface area contributed by atoms with Crippen LogP contribution in [0.4, 0.5) is 10.2 Å². The van der Waals surface area contributed by atoms with Crippen LogP contribution in [0.25, 0.3) is 38.9 Å². The first-order valence-corrected chi connectivity index (χ1v) is 22.9. The highest BCUT2D eigenvalue weighted by Crippen LogP contribution is 2.37. The lowest BCUT2D eigenvalue weighted by Gasteiger charge is -2.30. The Labute approximate surface area is 351 Å². The van der Waals surface area contributed by atoms with Gasteiger partial charge in [0.2, 0.25) is 0 Å². The normalized spacial score (nSPS) is 16.7. The highest BCUT2D eigenvalue weighted by molar-refractivity contribution is 6.04. The summed E-state index contributed by atoms with van der Waals surface area (Å²) >= 11 is 0. The van der Waals surface area contributed by atoms with Crippen molar-refractivity contribution < 1.29 is 14.2 Å². The molecule has 0 amide bonds. The van der Waals surface area contributed by atoms with Crippen LogP contribution in [0, 0.1) is 29.5 Å². The van der Waals surface area contributed by atoms with E-state index in [2.05, 4.69) is 51.5 Å². The minimum Gasteiger partial charge on any atom is -0.508 e. The van der Waals surface area contributed by atoms with Gasteiger partial charge in [0.15, 0.2) is 0 Å². The average Bonchev–Trinajstić information content (AvgIpc) is 3.55. The molecular weight excluding hydrogens is 720 g/mol. The number of terminal acetylenes is 1. The van der Waals surface area contributed by atoms with Gasteiger partial charge in [0.25, 0.3) is 0 Å². The van der Waals surface area contributed by atoms with E-state index in [4.69, 9.17) is 26.1 Å². The number of unbranched alkanes of at least 4 members (excludes halogenated alkanes) is 3. The van der Waals surface area contributed by atoms with Crippen LogP contribution in [0.1, 0.15) is 166 Å². The van der Waals surface area contributed by atoms with Crippen LogP contribution < -0.4 is 20.2 Å². The van der Waals surface area contributed by atoms with Crippen molar-refractivity contribution in [2.75, 3.05) is 24.6 Å². The summed E-state index contributed by atoms with van der Waals surface area (Å²) in [4.78, 5) is 18.0. The van der Waals surface area contributed by atoms with Crippen LogP contribution in [0.3, 0.4) is 0 Å². The van der Waals surface area contributed by atoms with E-state index in [1.165, 1.54) is 38.2 Å². The molecule has 1 N–H and O–H groups in total. The molecule has 58 heavy (non-hydrogen) atoms. The van der Waals surface area contributed by atoms with Gasteiger partial charge in [-0.05, 0) is 73.7 Å². The third-order valence-corrected chi connectivity index (χ3v) is 10.9. The van der Waals surface area contributed by atoms with Gasteiger partial charge in [-0.2, -0.15) is 9.97 Å². The van der Waals surface area contributed by atoms with Crippen LogP contribution in [0.2, 0.25) is 0 Å². The Hall–Kier alpha value is -4.18. The number of aromatic nitrogens is 2. The molecule has 0 saturated carbocycles. The summed E-state index contributed by atoms with van der Waals surface area (Å²) < 4.78 is 21.9. The number of hydrogen-bond acceptors (Lipinski definition) is 6. The Kier molecular flexibility index (Phi) is 21.8. The van der Waals surface area contributed by atoms with Crippen LogP contribution in [-0.4, -0.2) is 40.8 Å². The number of anilines is 1. The Morgan fingerprint density at radius 3 is 2.10 bits per heavy atom. The zero-order valence-corrected chi connectivity index (χ0v) is 38.6. The maximum atomic E-state index is 15.2. The molecule has 3 unspecified atom stereocenters. The molecule has 6 rings (SSSR count). The molecule has 4 aromatic rings. The summed E-state index contributed by atoms with van der Waals surface area (Å²) in [6, 6.07) is 8.75. The molecule has 3 aromatic carbocycles. The summed E-state index contributed by atoms with van der Waals surface area (Å²) in [7, 11) is 0. The summed E-state index contributed by atoms with van der Waals surface area (Å²) in [6.45, 7) is 29.5. The molecule has 0 radical (unpaired) electrons. The standard InChI is InChI=1S/C43H53FN4O2.4C2H6/c1-7-10-14-20-43(6,19-11-8-2)27-50-42-46-37-26-34(33-25-31(49)24-30-17-18-36(44)32(9-3)38(30)33)40-35(23-28(4)29(5)45-40)39(37)41(47-42)48-21-15-12-13-16-22-48;4*1-2/h3,17-18,23-26,28-29,49H,7-8,10-16,19-22,27H2,1-2,4-6H3;4*1-2H3.